The van der Waals surface area contributed by atoms with Crippen LogP contribution in [0.25, 0.3) is 0 Å². The Morgan fingerprint density at radius 3 is 2.37 bits per heavy atom. The van der Waals surface area contributed by atoms with E-state index in [0.717, 1.165) is 4.90 Å². The van der Waals surface area contributed by atoms with Crippen LogP contribution in [0.3, 0.4) is 0 Å². The third kappa shape index (κ3) is 4.49. The number of fused-ring (bicyclic) bond motifs is 1. The lowest BCUT2D eigenvalue weighted by atomic mass is 10.1. The molecule has 2 amide bonds. The topological polar surface area (TPSA) is 81.7 Å². The molecule has 1 unspecified atom stereocenters. The number of benzene rings is 2. The van der Waals surface area contributed by atoms with E-state index < -0.39 is 28.8 Å². The number of carbonyl (C=O) groups is 3. The van der Waals surface area contributed by atoms with Crippen LogP contribution >= 0.6 is 11.8 Å². The van der Waals surface area contributed by atoms with Gasteiger partial charge in [0, 0.05) is 4.90 Å². The maximum Gasteiger partial charge on any atom is 0.359 e. The summed E-state index contributed by atoms with van der Waals surface area (Å²) in [7, 11) is 0. The van der Waals surface area contributed by atoms with Gasteiger partial charge in [-0.3, -0.25) is 14.9 Å². The Kier molecular flexibility index (Phi) is 5.23. The Morgan fingerprint density at radius 2 is 1.70 bits per heavy atom. The lowest BCUT2D eigenvalue weighted by Crippen LogP contribution is -2.33. The summed E-state index contributed by atoms with van der Waals surface area (Å²) in [5, 5.41) is 2.23. The molecule has 27 heavy (non-hydrogen) atoms. The maximum absolute atomic E-state index is 12.7. The van der Waals surface area contributed by atoms with Crippen LogP contribution in [0.2, 0.25) is 0 Å². The van der Waals surface area contributed by atoms with Gasteiger partial charge < -0.3 is 9.47 Å². The van der Waals surface area contributed by atoms with Crippen molar-refractivity contribution in [3.63, 3.8) is 0 Å². The Morgan fingerprint density at radius 1 is 1.00 bits per heavy atom. The molecule has 2 aromatic rings. The molecule has 0 saturated heterocycles. The van der Waals surface area contributed by atoms with Crippen molar-refractivity contribution < 1.29 is 23.9 Å². The van der Waals surface area contributed by atoms with Gasteiger partial charge in [-0.2, -0.15) is 0 Å². The van der Waals surface area contributed by atoms with Crippen LogP contribution in [0.1, 0.15) is 41.5 Å². The highest BCUT2D eigenvalue weighted by Crippen LogP contribution is 2.32. The molecule has 1 atom stereocenters. The molecule has 140 valence electrons. The molecule has 0 aliphatic carbocycles. The predicted molar refractivity (Wildman–Crippen MR) is 101 cm³/mol. The average Bonchev–Trinajstić information content (AvgIpc) is 2.89. The van der Waals surface area contributed by atoms with Gasteiger partial charge in [0.15, 0.2) is 0 Å². The number of ether oxygens (including phenoxy) is 2. The smallest absolute Gasteiger partial charge is 0.359 e. The monoisotopic (exact) mass is 385 g/mol. The second kappa shape index (κ2) is 7.44. The fourth-order valence-corrected chi connectivity index (χ4v) is 3.35. The number of hydrogen-bond donors (Lipinski definition) is 1. The number of nitrogens with one attached hydrogen (secondary N) is 1. The highest BCUT2D eigenvalue weighted by atomic mass is 32.2. The number of hydrogen-bond acceptors (Lipinski definition) is 6. The quantitative estimate of drug-likeness (QED) is 0.368. The number of amides is 2. The third-order valence-corrected chi connectivity index (χ3v) is 4.59. The minimum Gasteiger partial charge on any atom is -0.467 e. The molecule has 1 N–H and O–H groups in total. The summed E-state index contributed by atoms with van der Waals surface area (Å²) in [6.45, 7) is 5.30. The van der Waals surface area contributed by atoms with Crippen LogP contribution in [-0.2, 0) is 9.53 Å². The standard InChI is InChI=1S/C20H19NO5S/c1-20(2,3)26-18(24)19(27-12-8-5-4-6-9-12)25-14-11-7-10-13-15(14)17(23)21-16(13)22/h4-11,19H,1-3H3,(H,21,22,23). The molecule has 0 aromatic heterocycles. The molecular weight excluding hydrogens is 366 g/mol. The molecule has 0 spiro atoms. The molecule has 0 saturated carbocycles. The predicted octanol–water partition coefficient (Wildman–Crippen LogP) is 3.41. The minimum absolute atomic E-state index is 0.129. The van der Waals surface area contributed by atoms with E-state index in [0.29, 0.717) is 0 Å². The number of rotatable bonds is 5. The van der Waals surface area contributed by atoms with Gasteiger partial charge in [0.05, 0.1) is 11.1 Å². The van der Waals surface area contributed by atoms with Crippen molar-refractivity contribution >= 4 is 29.5 Å². The minimum atomic E-state index is -1.04. The molecule has 6 nitrogen and oxygen atoms in total. The molecule has 7 heteroatoms. The van der Waals surface area contributed by atoms with Gasteiger partial charge in [0.1, 0.15) is 11.4 Å². The van der Waals surface area contributed by atoms with Crippen molar-refractivity contribution in [1.29, 1.82) is 0 Å². The Hall–Kier alpha value is -2.80. The van der Waals surface area contributed by atoms with Gasteiger partial charge in [-0.05, 0) is 45.0 Å². The van der Waals surface area contributed by atoms with E-state index in [2.05, 4.69) is 5.32 Å². The van der Waals surface area contributed by atoms with Gasteiger partial charge in [-0.25, -0.2) is 4.79 Å². The zero-order chi connectivity index (χ0) is 19.6. The molecule has 0 radical (unpaired) electrons. The number of esters is 1. The largest absolute Gasteiger partial charge is 0.467 e. The van der Waals surface area contributed by atoms with Crippen molar-refractivity contribution in [1.82, 2.24) is 5.32 Å². The summed E-state index contributed by atoms with van der Waals surface area (Å²) < 4.78 is 11.3. The van der Waals surface area contributed by atoms with Crippen LogP contribution in [0.5, 0.6) is 5.75 Å². The normalized spacial score (nSPS) is 14.3. The van der Waals surface area contributed by atoms with Crippen molar-refractivity contribution in [2.75, 3.05) is 0 Å². The van der Waals surface area contributed by atoms with E-state index in [1.807, 2.05) is 30.3 Å². The van der Waals surface area contributed by atoms with Crippen LogP contribution in [0.15, 0.2) is 53.4 Å². The number of imide groups is 1. The summed E-state index contributed by atoms with van der Waals surface area (Å²) in [5.74, 6) is -1.43. The van der Waals surface area contributed by atoms with Crippen molar-refractivity contribution in [3.05, 3.63) is 59.7 Å². The summed E-state index contributed by atoms with van der Waals surface area (Å²) in [6, 6.07) is 13.9. The van der Waals surface area contributed by atoms with Crippen LogP contribution < -0.4 is 10.1 Å². The summed E-state index contributed by atoms with van der Waals surface area (Å²) in [6.07, 6.45) is 0. The first-order valence-corrected chi connectivity index (χ1v) is 9.22. The van der Waals surface area contributed by atoms with E-state index in [4.69, 9.17) is 9.47 Å². The number of carbonyl (C=O) groups excluding carboxylic acids is 3. The number of thioether (sulfide) groups is 1. The molecule has 1 heterocycles. The molecule has 0 fully saturated rings. The van der Waals surface area contributed by atoms with Crippen LogP contribution in [0, 0.1) is 0 Å². The highest BCUT2D eigenvalue weighted by Gasteiger charge is 2.34. The molecule has 2 aromatic carbocycles. The summed E-state index contributed by atoms with van der Waals surface area (Å²) in [4.78, 5) is 37.4. The van der Waals surface area contributed by atoms with E-state index in [1.54, 1.807) is 32.9 Å². The third-order valence-electron chi connectivity index (χ3n) is 3.54. The molecule has 1 aliphatic rings. The Balaban J connectivity index is 1.91. The van der Waals surface area contributed by atoms with E-state index >= 15 is 0 Å². The van der Waals surface area contributed by atoms with E-state index in [9.17, 15) is 14.4 Å². The second-order valence-corrected chi connectivity index (χ2v) is 8.01. The SMILES string of the molecule is CC(C)(C)OC(=O)C(Oc1cccc2c1C(=O)NC2=O)Sc1ccccc1. The second-order valence-electron chi connectivity index (χ2n) is 6.88. The molecule has 0 bridgehead atoms. The van der Waals surface area contributed by atoms with Gasteiger partial charge >= 0.3 is 5.97 Å². The van der Waals surface area contributed by atoms with E-state index in [-0.39, 0.29) is 16.9 Å². The van der Waals surface area contributed by atoms with E-state index in [1.165, 1.54) is 17.8 Å². The van der Waals surface area contributed by atoms with Crippen LogP contribution in [0.4, 0.5) is 0 Å². The molecule has 1 aliphatic heterocycles. The summed E-state index contributed by atoms with van der Waals surface area (Å²) >= 11 is 1.17. The molecular formula is C20H19NO5S. The zero-order valence-corrected chi connectivity index (χ0v) is 16.0. The van der Waals surface area contributed by atoms with Crippen molar-refractivity contribution in [2.24, 2.45) is 0 Å². The van der Waals surface area contributed by atoms with Gasteiger partial charge in [0.2, 0.25) is 5.44 Å². The van der Waals surface area contributed by atoms with Gasteiger partial charge in [0.25, 0.3) is 11.8 Å². The Bertz CT molecular complexity index is 889. The van der Waals surface area contributed by atoms with Crippen LogP contribution in [-0.4, -0.2) is 28.8 Å². The fraction of sp³-hybridized carbons (Fsp3) is 0.250. The van der Waals surface area contributed by atoms with Gasteiger partial charge in [-0.1, -0.05) is 36.0 Å². The maximum atomic E-state index is 12.7. The lowest BCUT2D eigenvalue weighted by Gasteiger charge is -2.24. The van der Waals surface area contributed by atoms with Crippen molar-refractivity contribution in [3.8, 4) is 5.75 Å². The lowest BCUT2D eigenvalue weighted by molar-refractivity contribution is -0.159. The first-order valence-electron chi connectivity index (χ1n) is 8.34. The summed E-state index contributed by atoms with van der Waals surface area (Å²) in [5.41, 5.74) is -1.38. The fourth-order valence-electron chi connectivity index (χ4n) is 2.49. The zero-order valence-electron chi connectivity index (χ0n) is 15.1. The van der Waals surface area contributed by atoms with Gasteiger partial charge in [-0.15, -0.1) is 0 Å². The molecule has 3 rings (SSSR count). The highest BCUT2D eigenvalue weighted by molar-refractivity contribution is 8.00. The average molecular weight is 385 g/mol. The Labute approximate surface area is 161 Å². The first kappa shape index (κ1) is 19.0. The first-order chi connectivity index (χ1) is 12.7. The van der Waals surface area contributed by atoms with Crippen molar-refractivity contribution in [2.45, 2.75) is 36.7 Å².